The molecule has 3 rings (SSSR count). The fourth-order valence-corrected chi connectivity index (χ4v) is 2.97. The minimum Gasteiger partial charge on any atom is -0.484 e. The van der Waals surface area contributed by atoms with Crippen molar-refractivity contribution in [3.05, 3.63) is 59.2 Å². The Labute approximate surface area is 159 Å². The average molecular weight is 367 g/mol. The zero-order valence-electron chi connectivity index (χ0n) is 15.8. The summed E-state index contributed by atoms with van der Waals surface area (Å²) in [4.78, 5) is 14.2. The van der Waals surface area contributed by atoms with Crippen molar-refractivity contribution in [3.63, 3.8) is 0 Å². The molecule has 1 fully saturated rings. The predicted octanol–water partition coefficient (Wildman–Crippen LogP) is 2.67. The third-order valence-corrected chi connectivity index (χ3v) is 4.24. The predicted molar refractivity (Wildman–Crippen MR) is 107 cm³/mol. The number of hydrazone groups is 1. The molecule has 0 bridgehead atoms. The maximum Gasteiger partial charge on any atom is 0.277 e. The van der Waals surface area contributed by atoms with Crippen LogP contribution in [0, 0.1) is 13.8 Å². The third-order valence-electron chi connectivity index (χ3n) is 4.24. The third kappa shape index (κ3) is 5.82. The van der Waals surface area contributed by atoms with Crippen molar-refractivity contribution < 1.29 is 14.3 Å². The van der Waals surface area contributed by atoms with Gasteiger partial charge in [-0.05, 0) is 54.8 Å². The topological polar surface area (TPSA) is 63.2 Å². The van der Waals surface area contributed by atoms with E-state index >= 15 is 0 Å². The van der Waals surface area contributed by atoms with Crippen LogP contribution in [0.25, 0.3) is 0 Å². The van der Waals surface area contributed by atoms with Gasteiger partial charge in [0.25, 0.3) is 5.91 Å². The van der Waals surface area contributed by atoms with Crippen LogP contribution in [0.3, 0.4) is 0 Å². The molecular formula is C21H25N3O3. The highest BCUT2D eigenvalue weighted by Crippen LogP contribution is 2.17. The zero-order valence-corrected chi connectivity index (χ0v) is 15.8. The number of hydrogen-bond donors (Lipinski definition) is 1. The smallest absolute Gasteiger partial charge is 0.277 e. The molecule has 27 heavy (non-hydrogen) atoms. The number of morpholine rings is 1. The number of benzene rings is 2. The van der Waals surface area contributed by atoms with Gasteiger partial charge in [0.2, 0.25) is 0 Å². The molecule has 2 aromatic rings. The Morgan fingerprint density at radius 2 is 1.81 bits per heavy atom. The maximum absolute atomic E-state index is 11.9. The summed E-state index contributed by atoms with van der Waals surface area (Å²) in [5.74, 6) is 0.390. The number of anilines is 1. The fourth-order valence-electron chi connectivity index (χ4n) is 2.97. The van der Waals surface area contributed by atoms with Gasteiger partial charge < -0.3 is 14.4 Å². The van der Waals surface area contributed by atoms with E-state index in [0.717, 1.165) is 43.0 Å². The quantitative estimate of drug-likeness (QED) is 0.630. The minimum absolute atomic E-state index is 0.0732. The van der Waals surface area contributed by atoms with Gasteiger partial charge in [-0.2, -0.15) is 5.10 Å². The molecule has 1 N–H and O–H groups in total. The van der Waals surface area contributed by atoms with Gasteiger partial charge in [0.15, 0.2) is 6.61 Å². The second-order valence-electron chi connectivity index (χ2n) is 6.60. The molecule has 1 amide bonds. The summed E-state index contributed by atoms with van der Waals surface area (Å²) in [7, 11) is 0. The molecule has 1 saturated heterocycles. The first-order valence-corrected chi connectivity index (χ1v) is 9.06. The van der Waals surface area contributed by atoms with Gasteiger partial charge in [0.05, 0.1) is 19.4 Å². The Bertz CT molecular complexity index is 777. The van der Waals surface area contributed by atoms with Crippen LogP contribution in [0.5, 0.6) is 5.75 Å². The SMILES string of the molecule is Cc1cc(C)cc(OCC(=O)NN=Cc2ccc(N3CCOCC3)cc2)c1. The van der Waals surface area contributed by atoms with E-state index in [1.807, 2.05) is 38.1 Å². The molecule has 6 nitrogen and oxygen atoms in total. The minimum atomic E-state index is -0.296. The van der Waals surface area contributed by atoms with Crippen LogP contribution in [0.4, 0.5) is 5.69 Å². The number of ether oxygens (including phenoxy) is 2. The standard InChI is InChI=1S/C21H25N3O3/c1-16-11-17(2)13-20(12-16)27-15-21(25)23-22-14-18-3-5-19(6-4-18)24-7-9-26-10-8-24/h3-6,11-14H,7-10,15H2,1-2H3,(H,23,25). The van der Waals surface area contributed by atoms with E-state index < -0.39 is 0 Å². The lowest BCUT2D eigenvalue weighted by atomic mass is 10.1. The Morgan fingerprint density at radius 1 is 1.15 bits per heavy atom. The van der Waals surface area contributed by atoms with Gasteiger partial charge in [-0.3, -0.25) is 4.79 Å². The van der Waals surface area contributed by atoms with Gasteiger partial charge in [-0.25, -0.2) is 5.43 Å². The molecule has 0 spiro atoms. The van der Waals surface area contributed by atoms with E-state index in [9.17, 15) is 4.79 Å². The van der Waals surface area contributed by atoms with Gasteiger partial charge in [-0.1, -0.05) is 18.2 Å². The lowest BCUT2D eigenvalue weighted by molar-refractivity contribution is -0.123. The molecule has 2 aromatic carbocycles. The summed E-state index contributed by atoms with van der Waals surface area (Å²) < 4.78 is 10.9. The van der Waals surface area contributed by atoms with Gasteiger partial charge >= 0.3 is 0 Å². The summed E-state index contributed by atoms with van der Waals surface area (Å²) in [6.07, 6.45) is 1.62. The zero-order chi connectivity index (χ0) is 19.1. The number of hydrogen-bond acceptors (Lipinski definition) is 5. The van der Waals surface area contributed by atoms with Crippen molar-refractivity contribution in [2.24, 2.45) is 5.10 Å². The molecule has 0 atom stereocenters. The van der Waals surface area contributed by atoms with Crippen LogP contribution in [0.1, 0.15) is 16.7 Å². The molecule has 1 heterocycles. The molecule has 0 unspecified atom stereocenters. The van der Waals surface area contributed by atoms with E-state index in [1.54, 1.807) is 6.21 Å². The van der Waals surface area contributed by atoms with Crippen LogP contribution in [-0.4, -0.2) is 45.0 Å². The number of aryl methyl sites for hydroxylation is 2. The lowest BCUT2D eigenvalue weighted by Crippen LogP contribution is -2.36. The number of nitrogens with one attached hydrogen (secondary N) is 1. The number of carbonyl (C=O) groups excluding carboxylic acids is 1. The first-order chi connectivity index (χ1) is 13.1. The van der Waals surface area contributed by atoms with E-state index in [2.05, 4.69) is 33.6 Å². The van der Waals surface area contributed by atoms with Gasteiger partial charge in [0.1, 0.15) is 5.75 Å². The second kappa shape index (κ2) is 9.19. The fraction of sp³-hybridized carbons (Fsp3) is 0.333. The molecule has 1 aliphatic heterocycles. The highest BCUT2D eigenvalue weighted by atomic mass is 16.5. The van der Waals surface area contributed by atoms with Crippen molar-refractivity contribution >= 4 is 17.8 Å². The Morgan fingerprint density at radius 3 is 2.48 bits per heavy atom. The lowest BCUT2D eigenvalue weighted by Gasteiger charge is -2.28. The summed E-state index contributed by atoms with van der Waals surface area (Å²) in [6, 6.07) is 13.9. The van der Waals surface area contributed by atoms with Crippen LogP contribution in [0.2, 0.25) is 0 Å². The van der Waals surface area contributed by atoms with Gasteiger partial charge in [0, 0.05) is 18.8 Å². The molecule has 1 aliphatic rings. The largest absolute Gasteiger partial charge is 0.484 e. The highest BCUT2D eigenvalue weighted by molar-refractivity contribution is 5.83. The summed E-state index contributed by atoms with van der Waals surface area (Å²) in [5, 5.41) is 3.99. The van der Waals surface area contributed by atoms with Gasteiger partial charge in [-0.15, -0.1) is 0 Å². The molecule has 6 heteroatoms. The Balaban J connectivity index is 1.46. The van der Waals surface area contributed by atoms with Crippen LogP contribution in [0.15, 0.2) is 47.6 Å². The Kier molecular flexibility index (Phi) is 6.44. The highest BCUT2D eigenvalue weighted by Gasteiger charge is 2.10. The second-order valence-corrected chi connectivity index (χ2v) is 6.60. The maximum atomic E-state index is 11.9. The molecule has 0 aromatic heterocycles. The van der Waals surface area contributed by atoms with Crippen LogP contribution in [-0.2, 0) is 9.53 Å². The van der Waals surface area contributed by atoms with Crippen molar-refractivity contribution in [1.29, 1.82) is 0 Å². The van der Waals surface area contributed by atoms with E-state index in [4.69, 9.17) is 9.47 Å². The number of amides is 1. The van der Waals surface area contributed by atoms with Crippen molar-refractivity contribution in [2.45, 2.75) is 13.8 Å². The molecule has 0 aliphatic carbocycles. The monoisotopic (exact) mass is 367 g/mol. The normalized spacial score (nSPS) is 14.4. The van der Waals surface area contributed by atoms with Crippen LogP contribution < -0.4 is 15.1 Å². The molecular weight excluding hydrogens is 342 g/mol. The molecule has 0 radical (unpaired) electrons. The van der Waals surface area contributed by atoms with Crippen molar-refractivity contribution in [3.8, 4) is 5.75 Å². The summed E-state index contributed by atoms with van der Waals surface area (Å²) in [6.45, 7) is 7.26. The average Bonchev–Trinajstić information content (AvgIpc) is 2.67. The number of rotatable bonds is 6. The Hall–Kier alpha value is -2.86. The van der Waals surface area contributed by atoms with Crippen LogP contribution >= 0.6 is 0 Å². The first-order valence-electron chi connectivity index (χ1n) is 9.06. The summed E-state index contributed by atoms with van der Waals surface area (Å²) >= 11 is 0. The number of carbonyl (C=O) groups is 1. The molecule has 142 valence electrons. The molecule has 0 saturated carbocycles. The summed E-state index contributed by atoms with van der Waals surface area (Å²) in [5.41, 5.74) is 6.78. The van der Waals surface area contributed by atoms with E-state index in [0.29, 0.717) is 5.75 Å². The number of nitrogens with zero attached hydrogens (tertiary/aromatic N) is 2. The first kappa shape index (κ1) is 18.9. The van der Waals surface area contributed by atoms with Crippen molar-refractivity contribution in [1.82, 2.24) is 5.43 Å². The van der Waals surface area contributed by atoms with E-state index in [-0.39, 0.29) is 12.5 Å². The van der Waals surface area contributed by atoms with Crippen molar-refractivity contribution in [2.75, 3.05) is 37.8 Å². The van der Waals surface area contributed by atoms with E-state index in [1.165, 1.54) is 5.69 Å².